The van der Waals surface area contributed by atoms with E-state index in [4.69, 9.17) is 11.6 Å². The van der Waals surface area contributed by atoms with Crippen LogP contribution >= 0.6 is 11.6 Å². The first-order chi connectivity index (χ1) is 10.2. The van der Waals surface area contributed by atoms with Crippen LogP contribution in [0.15, 0.2) is 29.5 Å². The van der Waals surface area contributed by atoms with Crippen LogP contribution in [0.3, 0.4) is 0 Å². The Labute approximate surface area is 135 Å². The molecule has 0 aromatic heterocycles. The third-order valence-electron chi connectivity index (χ3n) is 3.83. The number of benzene rings is 1. The maximum Gasteiger partial charge on any atom is 0.294 e. The van der Waals surface area contributed by atoms with Gasteiger partial charge >= 0.3 is 0 Å². The van der Waals surface area contributed by atoms with E-state index >= 15 is 0 Å². The van der Waals surface area contributed by atoms with Crippen molar-refractivity contribution in [3.63, 3.8) is 0 Å². The van der Waals surface area contributed by atoms with Gasteiger partial charge in [0, 0.05) is 10.7 Å². The van der Waals surface area contributed by atoms with Crippen molar-refractivity contribution in [3.05, 3.63) is 40.1 Å². The molecule has 0 radical (unpaired) electrons. The zero-order chi connectivity index (χ0) is 16.6. The summed E-state index contributed by atoms with van der Waals surface area (Å²) in [6, 6.07) is 4.84. The van der Waals surface area contributed by atoms with Crippen LogP contribution in [0.1, 0.15) is 32.8 Å². The summed E-state index contributed by atoms with van der Waals surface area (Å²) in [5.74, 6) is -1.01. The van der Waals surface area contributed by atoms with E-state index in [1.165, 1.54) is 11.8 Å². The van der Waals surface area contributed by atoms with Crippen LogP contribution in [0.25, 0.3) is 0 Å². The average molecular weight is 322 g/mol. The van der Waals surface area contributed by atoms with Crippen molar-refractivity contribution in [2.24, 2.45) is 5.92 Å². The minimum absolute atomic E-state index is 0.190. The van der Waals surface area contributed by atoms with Crippen molar-refractivity contribution in [2.45, 2.75) is 40.2 Å². The fourth-order valence-corrected chi connectivity index (χ4v) is 2.93. The Balaban J connectivity index is 2.51. The highest BCUT2D eigenvalue weighted by atomic mass is 35.5. The number of carbonyl (C=O) groups excluding carboxylic acids is 2. The molecule has 0 bridgehead atoms. The second-order valence-electron chi connectivity index (χ2n) is 6.07. The fourth-order valence-electron chi connectivity index (χ4n) is 2.76. The normalized spacial score (nSPS) is 18.5. The Bertz CT molecular complexity index is 664. The van der Waals surface area contributed by atoms with Crippen LogP contribution in [0.5, 0.6) is 0 Å². The molecule has 0 saturated heterocycles. The molecule has 1 atom stereocenters. The molecule has 1 aromatic carbocycles. The van der Waals surface area contributed by atoms with Crippen molar-refractivity contribution in [2.75, 3.05) is 4.90 Å². The van der Waals surface area contributed by atoms with E-state index in [1.807, 2.05) is 26.8 Å². The summed E-state index contributed by atoms with van der Waals surface area (Å²) in [6.07, 6.45) is 0.593. The molecule has 0 spiro atoms. The second-order valence-corrected chi connectivity index (χ2v) is 6.48. The number of hydrogen-bond acceptors (Lipinski definition) is 3. The van der Waals surface area contributed by atoms with Crippen LogP contribution in [0.2, 0.25) is 5.02 Å². The third kappa shape index (κ3) is 2.88. The molecule has 1 heterocycles. The predicted octanol–water partition coefficient (Wildman–Crippen LogP) is 3.81. The summed E-state index contributed by atoms with van der Waals surface area (Å²) in [5.41, 5.74) is 1.69. The number of aliphatic hydroxyl groups is 1. The van der Waals surface area contributed by atoms with Crippen molar-refractivity contribution in [1.82, 2.24) is 0 Å². The average Bonchev–Trinajstić information content (AvgIpc) is 2.64. The van der Waals surface area contributed by atoms with E-state index in [1.54, 1.807) is 12.1 Å². The summed E-state index contributed by atoms with van der Waals surface area (Å²) in [5, 5.41) is 10.6. The molecule has 4 nitrogen and oxygen atoms in total. The van der Waals surface area contributed by atoms with Crippen LogP contribution in [0, 0.1) is 12.8 Å². The van der Waals surface area contributed by atoms with Crippen molar-refractivity contribution < 1.29 is 14.7 Å². The van der Waals surface area contributed by atoms with Gasteiger partial charge in [-0.25, -0.2) is 0 Å². The van der Waals surface area contributed by atoms with E-state index in [2.05, 4.69) is 0 Å². The molecule has 118 valence electrons. The van der Waals surface area contributed by atoms with Crippen molar-refractivity contribution >= 4 is 29.0 Å². The Hall–Kier alpha value is -1.81. The van der Waals surface area contributed by atoms with Gasteiger partial charge in [-0.15, -0.1) is 0 Å². The number of Topliss-reactive ketones (excluding diaryl/α,β-unsaturated/α-hetero) is 1. The van der Waals surface area contributed by atoms with Crippen molar-refractivity contribution in [1.29, 1.82) is 0 Å². The maximum atomic E-state index is 12.4. The summed E-state index contributed by atoms with van der Waals surface area (Å²) in [7, 11) is 0. The van der Waals surface area contributed by atoms with Crippen LogP contribution in [0.4, 0.5) is 5.69 Å². The number of halogens is 1. The van der Waals surface area contributed by atoms with E-state index in [9.17, 15) is 14.7 Å². The number of anilines is 1. The highest BCUT2D eigenvalue weighted by molar-refractivity contribution is 6.31. The summed E-state index contributed by atoms with van der Waals surface area (Å²) < 4.78 is 0. The van der Waals surface area contributed by atoms with Crippen LogP contribution in [-0.4, -0.2) is 22.8 Å². The number of rotatable bonds is 4. The Morgan fingerprint density at radius 3 is 2.55 bits per heavy atom. The number of carbonyl (C=O) groups is 2. The van der Waals surface area contributed by atoms with Gasteiger partial charge in [0.1, 0.15) is 0 Å². The SMILES string of the molecule is CC(=O)C1=C(O)C(=O)N(c2ccc(C)c(Cl)c2)C1CC(C)C. The fraction of sp³-hybridized carbons (Fsp3) is 0.412. The standard InChI is InChI=1S/C17H20ClNO3/c1-9(2)7-14-15(11(4)20)16(21)17(22)19(14)12-6-5-10(3)13(18)8-12/h5-6,8-9,14,21H,7H2,1-4H3. The molecule has 1 aromatic rings. The lowest BCUT2D eigenvalue weighted by Crippen LogP contribution is -2.37. The Morgan fingerprint density at radius 2 is 2.05 bits per heavy atom. The number of aliphatic hydroxyl groups excluding tert-OH is 1. The molecule has 1 amide bonds. The lowest BCUT2D eigenvalue weighted by atomic mass is 9.95. The smallest absolute Gasteiger partial charge is 0.294 e. The van der Waals surface area contributed by atoms with Gasteiger partial charge in [-0.1, -0.05) is 31.5 Å². The van der Waals surface area contributed by atoms with Gasteiger partial charge in [0.15, 0.2) is 11.5 Å². The van der Waals surface area contributed by atoms with Gasteiger partial charge in [0.05, 0.1) is 11.6 Å². The predicted molar refractivity (Wildman–Crippen MR) is 87.3 cm³/mol. The van der Waals surface area contributed by atoms with Gasteiger partial charge in [-0.2, -0.15) is 0 Å². The summed E-state index contributed by atoms with van der Waals surface area (Å²) >= 11 is 6.15. The molecule has 1 aliphatic heterocycles. The molecule has 1 aliphatic rings. The highest BCUT2D eigenvalue weighted by Gasteiger charge is 2.42. The van der Waals surface area contributed by atoms with E-state index in [0.717, 1.165) is 5.56 Å². The zero-order valence-corrected chi connectivity index (χ0v) is 13.9. The number of ketones is 1. The maximum absolute atomic E-state index is 12.4. The molecule has 22 heavy (non-hydrogen) atoms. The third-order valence-corrected chi connectivity index (χ3v) is 4.24. The molecule has 1 N–H and O–H groups in total. The lowest BCUT2D eigenvalue weighted by molar-refractivity contribution is -0.117. The molecular formula is C17H20ClNO3. The first kappa shape index (κ1) is 16.6. The number of amides is 1. The van der Waals surface area contributed by atoms with E-state index in [0.29, 0.717) is 17.1 Å². The molecule has 1 unspecified atom stereocenters. The topological polar surface area (TPSA) is 57.6 Å². The number of aryl methyl sites for hydroxylation is 1. The van der Waals surface area contributed by atoms with Gasteiger partial charge in [0.25, 0.3) is 5.91 Å². The minimum Gasteiger partial charge on any atom is -0.503 e. The Kier molecular flexibility index (Phi) is 4.61. The molecule has 0 fully saturated rings. The zero-order valence-electron chi connectivity index (χ0n) is 13.2. The van der Waals surface area contributed by atoms with Gasteiger partial charge in [-0.05, 0) is 43.9 Å². The lowest BCUT2D eigenvalue weighted by Gasteiger charge is -2.27. The quantitative estimate of drug-likeness (QED) is 0.917. The summed E-state index contributed by atoms with van der Waals surface area (Å²) in [6.45, 7) is 7.27. The van der Waals surface area contributed by atoms with Crippen LogP contribution < -0.4 is 4.90 Å². The van der Waals surface area contributed by atoms with Gasteiger partial charge < -0.3 is 5.11 Å². The molecule has 2 rings (SSSR count). The number of hydrogen-bond donors (Lipinski definition) is 1. The van der Waals surface area contributed by atoms with Gasteiger partial charge in [-0.3, -0.25) is 14.5 Å². The Morgan fingerprint density at radius 1 is 1.41 bits per heavy atom. The minimum atomic E-state index is -0.546. The molecule has 5 heteroatoms. The van der Waals surface area contributed by atoms with Gasteiger partial charge in [0.2, 0.25) is 0 Å². The van der Waals surface area contributed by atoms with Crippen LogP contribution in [-0.2, 0) is 9.59 Å². The molecule has 0 aliphatic carbocycles. The molecular weight excluding hydrogens is 302 g/mol. The first-order valence-corrected chi connectivity index (χ1v) is 7.65. The first-order valence-electron chi connectivity index (χ1n) is 7.27. The summed E-state index contributed by atoms with van der Waals surface area (Å²) in [4.78, 5) is 25.8. The van der Waals surface area contributed by atoms with E-state index < -0.39 is 17.7 Å². The monoisotopic (exact) mass is 321 g/mol. The van der Waals surface area contributed by atoms with Crippen molar-refractivity contribution in [3.8, 4) is 0 Å². The largest absolute Gasteiger partial charge is 0.503 e. The second kappa shape index (κ2) is 6.13. The molecule has 0 saturated carbocycles. The highest BCUT2D eigenvalue weighted by Crippen LogP contribution is 2.35. The number of nitrogens with zero attached hydrogens (tertiary/aromatic N) is 1. The van der Waals surface area contributed by atoms with E-state index in [-0.39, 0.29) is 17.3 Å².